The van der Waals surface area contributed by atoms with Gasteiger partial charge in [0.25, 0.3) is 5.91 Å². The van der Waals surface area contributed by atoms with Crippen LogP contribution >= 0.6 is 0 Å². The Hall–Kier alpha value is -9.51. The average Bonchev–Trinajstić information content (AvgIpc) is 1.64. The zero-order chi connectivity index (χ0) is 88.3. The number of nitrogens with zero attached hydrogens (tertiary/aromatic N) is 1. The Morgan fingerprint density at radius 3 is 1.06 bits per heavy atom. The number of nitrogens with two attached hydrogens (primary N) is 4. The second kappa shape index (κ2) is 50.7. The number of amides is 13. The molecule has 3 aromatic rings. The Bertz CT molecular complexity index is 3780. The van der Waals surface area contributed by atoms with Gasteiger partial charge in [0, 0.05) is 19.5 Å². The van der Waals surface area contributed by atoms with E-state index >= 15 is 14.4 Å². The molecule has 0 aliphatic carbocycles. The molecule has 3 fully saturated rings. The smallest absolute Gasteiger partial charge is 0.252 e. The van der Waals surface area contributed by atoms with Crippen molar-refractivity contribution in [2.45, 2.75) is 283 Å². The Kier molecular flexibility index (Phi) is 41.9. The maximum atomic E-state index is 15.3. The van der Waals surface area contributed by atoms with E-state index in [-0.39, 0.29) is 154 Å². The van der Waals surface area contributed by atoms with Gasteiger partial charge in [-0.3, -0.25) is 62.3 Å². The first-order valence-electron chi connectivity index (χ1n) is 42.9. The molecule has 3 heterocycles. The molecular weight excluding hydrogens is 1540 g/mol. The monoisotopic (exact) mass is 1680 g/mol. The van der Waals surface area contributed by atoms with Crippen LogP contribution in [0.25, 0.3) is 0 Å². The lowest BCUT2D eigenvalue weighted by atomic mass is 9.99. The Labute approximate surface area is 707 Å². The predicted molar refractivity (Wildman–Crippen MR) is 454 cm³/mol. The highest BCUT2D eigenvalue weighted by atomic mass is 16.6. The van der Waals surface area contributed by atoms with E-state index in [0.717, 1.165) is 11.1 Å². The van der Waals surface area contributed by atoms with Crippen LogP contribution in [0.15, 0.2) is 91.0 Å². The van der Waals surface area contributed by atoms with Gasteiger partial charge in [-0.2, -0.15) is 0 Å². The van der Waals surface area contributed by atoms with Gasteiger partial charge in [0.05, 0.1) is 13.2 Å². The van der Waals surface area contributed by atoms with Gasteiger partial charge >= 0.3 is 0 Å². The third kappa shape index (κ3) is 31.5. The fourth-order valence-corrected chi connectivity index (χ4v) is 14.9. The highest BCUT2D eigenvalue weighted by molar-refractivity contribution is 6.00. The van der Waals surface area contributed by atoms with Gasteiger partial charge in [0.2, 0.25) is 70.9 Å². The van der Waals surface area contributed by atoms with Crippen LogP contribution in [0.1, 0.15) is 183 Å². The van der Waals surface area contributed by atoms with Gasteiger partial charge in [0.1, 0.15) is 90.8 Å². The summed E-state index contributed by atoms with van der Waals surface area (Å²) in [6, 6.07) is 11.6. The SMILES string of the molecule is CC(C)C[C@@H]1NC(=O)[C@H](CCCN)NC(=O)[C@H](C(C)C)NC(=O)[C@@H]2CCCN2C(=O)[C@@H](Cc2ccccc2)NC(=O)[C@H](CC(C)C)NC(=O)[C@H](CCCN)NC(=O)[C@H](C(C)C)NC(=O)[C@H](CCCN)NC(=O)[C@H](CC(C)C)NC(=O)[C@@H]2O[C@H](CNC(=O)[C@H](C(C)C)NC(=O)[C@H](CCCN)NC1=O)[C@@H](OCc1ccccc1)[C@@H]2OCc1ccccc1. The predicted octanol–water partition coefficient (Wildman–Crippen LogP) is 1.68. The topological polar surface area (TPSA) is 501 Å². The molecule has 120 heavy (non-hydrogen) atoms. The molecule has 0 aromatic heterocycles. The van der Waals surface area contributed by atoms with Gasteiger partial charge in [-0.15, -0.1) is 0 Å². The number of carbonyl (C=O) groups is 13. The molecular formula is C87H137N17O16. The number of hydrogen-bond acceptors (Lipinski definition) is 20. The average molecular weight is 1680 g/mol. The quantitative estimate of drug-likeness (QED) is 0.0470. The van der Waals surface area contributed by atoms with Crippen LogP contribution in [0.3, 0.4) is 0 Å². The summed E-state index contributed by atoms with van der Waals surface area (Å²) < 4.78 is 20.1. The van der Waals surface area contributed by atoms with Gasteiger partial charge in [-0.1, -0.05) is 174 Å². The molecule has 3 aromatic carbocycles. The third-order valence-electron chi connectivity index (χ3n) is 21.4. The normalized spacial score (nSPS) is 26.6. The summed E-state index contributed by atoms with van der Waals surface area (Å²) in [5.74, 6) is -12.2. The summed E-state index contributed by atoms with van der Waals surface area (Å²) in [7, 11) is 0. The molecule has 3 aliphatic heterocycles. The minimum absolute atomic E-state index is 0.00141. The summed E-state index contributed by atoms with van der Waals surface area (Å²) in [5, 5.41) is 34.1. The lowest BCUT2D eigenvalue weighted by molar-refractivity contribution is -0.143. The molecule has 666 valence electrons. The summed E-state index contributed by atoms with van der Waals surface area (Å²) in [6.07, 6.45) is -3.50. The molecule has 0 unspecified atom stereocenters. The van der Waals surface area contributed by atoms with Crippen LogP contribution < -0.4 is 86.7 Å². The van der Waals surface area contributed by atoms with Crippen molar-refractivity contribution in [3.05, 3.63) is 108 Å². The fourth-order valence-electron chi connectivity index (χ4n) is 14.9. The van der Waals surface area contributed by atoms with Crippen molar-refractivity contribution < 1.29 is 76.5 Å². The number of hydrogen-bond donors (Lipinski definition) is 16. The molecule has 20 N–H and O–H groups in total. The minimum atomic E-state index is -1.53. The van der Waals surface area contributed by atoms with Crippen LogP contribution in [0.4, 0.5) is 0 Å². The number of benzene rings is 3. The molecule has 2 bridgehead atoms. The first-order chi connectivity index (χ1) is 57.2. The highest BCUT2D eigenvalue weighted by Gasteiger charge is 2.51. The van der Waals surface area contributed by atoms with Gasteiger partial charge < -0.3 is 106 Å². The van der Waals surface area contributed by atoms with Crippen LogP contribution in [0.2, 0.25) is 0 Å². The van der Waals surface area contributed by atoms with Crippen molar-refractivity contribution in [1.82, 2.24) is 68.7 Å². The molecule has 33 heteroatoms. The van der Waals surface area contributed by atoms with Crippen LogP contribution in [0.5, 0.6) is 0 Å². The van der Waals surface area contributed by atoms with Crippen LogP contribution in [0, 0.1) is 35.5 Å². The van der Waals surface area contributed by atoms with Gasteiger partial charge in [-0.25, -0.2) is 0 Å². The summed E-state index contributed by atoms with van der Waals surface area (Å²) >= 11 is 0. The standard InChI is InChI=1S/C87H137N17O16/c1-50(2)43-63-79(109)93-61(35-24-40-90)77(107)101-69(53(7)8)83(113)92-47-68-72(118-48-57-29-18-14-19-30-57)73(119-49-58-31-20-15-21-32-58)74(120-68)86(116)99-65(45-52(5)6)80(110)94-62(36-25-41-91)78(108)102-70(54(9)10)84(114)95-59(33-22-38-88)76(106)98-64(44-51(3)4)81(111)100-66(46-56-27-16-13-17-28-56)87(117)104-42-26-37-67(104)82(112)103-71(55(11)12)85(115)96-60(34-23-39-89)75(105)97-63/h13-21,27-32,50-55,59-74H,22-26,33-49,88-91H2,1-12H3,(H,92,113)(H,93,109)(H,94,110)(H,95,114)(H,96,115)(H,97,105)(H,98,106)(H,99,116)(H,100,111)(H,101,107)(H,102,108)(H,103,112)/t59-,60-,61-,62-,63-,64-,65-,66+,67-,68+,69-,70-,71-,72+,73-,74+/m0/s1. The molecule has 3 aliphatic rings. The molecule has 0 saturated carbocycles. The van der Waals surface area contributed by atoms with E-state index in [0.29, 0.717) is 12.0 Å². The zero-order valence-corrected chi connectivity index (χ0v) is 72.2. The van der Waals surface area contributed by atoms with E-state index in [9.17, 15) is 47.9 Å². The van der Waals surface area contributed by atoms with E-state index in [4.69, 9.17) is 37.1 Å². The largest absolute Gasteiger partial charge is 0.368 e. The maximum absolute atomic E-state index is 15.3. The summed E-state index contributed by atoms with van der Waals surface area (Å²) in [4.78, 5) is 195. The van der Waals surface area contributed by atoms with E-state index in [1.807, 2.05) is 102 Å². The molecule has 0 spiro atoms. The number of carbonyl (C=O) groups excluding carboxylic acids is 13. The van der Waals surface area contributed by atoms with E-state index in [1.54, 1.807) is 71.9 Å². The van der Waals surface area contributed by atoms with Gasteiger partial charge in [0.15, 0.2) is 6.10 Å². The zero-order valence-electron chi connectivity index (χ0n) is 72.2. The summed E-state index contributed by atoms with van der Waals surface area (Å²) in [6.45, 7) is 21.2. The Balaban J connectivity index is 1.44. The molecule has 3 saturated heterocycles. The Morgan fingerprint density at radius 1 is 0.367 bits per heavy atom. The van der Waals surface area contributed by atoms with E-state index in [2.05, 4.69) is 63.8 Å². The van der Waals surface area contributed by atoms with E-state index in [1.165, 1.54) is 4.90 Å². The van der Waals surface area contributed by atoms with Crippen molar-refractivity contribution in [3.8, 4) is 0 Å². The van der Waals surface area contributed by atoms with Gasteiger partial charge in [-0.05, 0) is 162 Å². The first-order valence-corrected chi connectivity index (χ1v) is 42.9. The number of fused-ring (bicyclic) bond motifs is 3. The van der Waals surface area contributed by atoms with Crippen molar-refractivity contribution in [1.29, 1.82) is 0 Å². The van der Waals surface area contributed by atoms with E-state index < -0.39 is 191 Å². The molecule has 6 rings (SSSR count). The number of ether oxygens (including phenoxy) is 3. The first kappa shape index (κ1) is 99.3. The molecule has 16 atom stereocenters. The molecule has 13 amide bonds. The fraction of sp³-hybridized carbons (Fsp3) is 0.644. The van der Waals surface area contributed by atoms with Crippen molar-refractivity contribution in [2.75, 3.05) is 39.3 Å². The van der Waals surface area contributed by atoms with Crippen LogP contribution in [-0.4, -0.2) is 218 Å². The second-order valence-corrected chi connectivity index (χ2v) is 34.0. The van der Waals surface area contributed by atoms with Crippen molar-refractivity contribution >= 4 is 76.8 Å². The lowest BCUT2D eigenvalue weighted by Crippen LogP contribution is -2.62. The van der Waals surface area contributed by atoms with Crippen LogP contribution in [-0.2, 0) is 96.2 Å². The Morgan fingerprint density at radius 2 is 0.683 bits per heavy atom. The minimum Gasteiger partial charge on any atom is -0.368 e. The lowest BCUT2D eigenvalue weighted by Gasteiger charge is -2.32. The van der Waals surface area contributed by atoms with Crippen molar-refractivity contribution in [2.24, 2.45) is 58.4 Å². The van der Waals surface area contributed by atoms with Crippen molar-refractivity contribution in [3.63, 3.8) is 0 Å². The second-order valence-electron chi connectivity index (χ2n) is 34.0. The number of rotatable bonds is 29. The highest BCUT2D eigenvalue weighted by Crippen LogP contribution is 2.30. The summed E-state index contributed by atoms with van der Waals surface area (Å²) in [5.41, 5.74) is 26.2. The third-order valence-corrected chi connectivity index (χ3v) is 21.4. The molecule has 0 radical (unpaired) electrons. The maximum Gasteiger partial charge on any atom is 0.252 e. The number of nitrogens with one attached hydrogen (secondary N) is 12. The molecule has 33 nitrogen and oxygen atoms in total.